The van der Waals surface area contributed by atoms with E-state index in [4.69, 9.17) is 11.6 Å². The number of aliphatic hydroxyl groups is 1. The largest absolute Gasteiger partial charge is 0.416 e. The number of hydrogen-bond acceptors (Lipinski definition) is 3. The van der Waals surface area contributed by atoms with E-state index in [1.807, 2.05) is 31.1 Å². The highest BCUT2D eigenvalue weighted by molar-refractivity contribution is 7.99. The predicted molar refractivity (Wildman–Crippen MR) is 97.6 cm³/mol. The van der Waals surface area contributed by atoms with E-state index in [0.717, 1.165) is 22.6 Å². The second kappa shape index (κ2) is 9.14. The van der Waals surface area contributed by atoms with Gasteiger partial charge < -0.3 is 10.0 Å². The molecule has 2 nitrogen and oxygen atoms in total. The lowest BCUT2D eigenvalue weighted by Gasteiger charge is -2.16. The third-order valence-corrected chi connectivity index (χ3v) is 4.76. The van der Waals surface area contributed by atoms with Crippen molar-refractivity contribution in [2.24, 2.45) is 0 Å². The molecule has 0 aliphatic carbocycles. The molecule has 0 saturated heterocycles. The minimum atomic E-state index is -4.43. The Hall–Kier alpha value is -0.920. The van der Waals surface area contributed by atoms with Crippen LogP contribution in [0, 0.1) is 0 Å². The van der Waals surface area contributed by atoms with Crippen molar-refractivity contribution in [1.29, 1.82) is 0 Å². The number of rotatable bonds is 5. The molecule has 2 aromatic rings. The molecule has 0 saturated carbocycles. The highest BCUT2D eigenvalue weighted by Gasteiger charge is 2.31. The second-order valence-electron chi connectivity index (χ2n) is 5.57. The van der Waals surface area contributed by atoms with Gasteiger partial charge >= 0.3 is 6.18 Å². The maximum absolute atomic E-state index is 12.8. The molecule has 2 rings (SSSR count). The summed E-state index contributed by atoms with van der Waals surface area (Å²) in [5, 5.41) is 10.0. The molecule has 0 atom stereocenters. The molecule has 25 heavy (non-hydrogen) atoms. The van der Waals surface area contributed by atoms with E-state index in [9.17, 15) is 18.3 Å². The summed E-state index contributed by atoms with van der Waals surface area (Å²) in [6, 6.07) is 8.84. The number of hydrogen-bond donors (Lipinski definition) is 1. The van der Waals surface area contributed by atoms with Crippen LogP contribution in [0.5, 0.6) is 0 Å². The van der Waals surface area contributed by atoms with Gasteiger partial charge in [0.25, 0.3) is 0 Å². The maximum Gasteiger partial charge on any atom is 0.416 e. The molecule has 0 aliphatic heterocycles. The van der Waals surface area contributed by atoms with Gasteiger partial charge in [0.05, 0.1) is 12.2 Å². The molecule has 8 heteroatoms. The van der Waals surface area contributed by atoms with Crippen LogP contribution in [0.15, 0.2) is 46.2 Å². The predicted octanol–water partition coefficient (Wildman–Crippen LogP) is 5.49. The third-order valence-electron chi connectivity index (χ3n) is 3.29. The summed E-state index contributed by atoms with van der Waals surface area (Å²) in [5.41, 5.74) is 0.461. The zero-order valence-corrected chi connectivity index (χ0v) is 16.0. The van der Waals surface area contributed by atoms with Gasteiger partial charge in [-0.1, -0.05) is 23.4 Å². The van der Waals surface area contributed by atoms with E-state index >= 15 is 0 Å². The monoisotopic (exact) mass is 411 g/mol. The summed E-state index contributed by atoms with van der Waals surface area (Å²) in [6.07, 6.45) is -4.43. The first kappa shape index (κ1) is 22.1. The molecule has 0 aromatic heterocycles. The van der Waals surface area contributed by atoms with Gasteiger partial charge in [-0.2, -0.15) is 13.2 Å². The first-order valence-electron chi connectivity index (χ1n) is 7.12. The fourth-order valence-corrected chi connectivity index (χ4v) is 3.42. The molecule has 0 unspecified atom stereocenters. The van der Waals surface area contributed by atoms with Crippen molar-refractivity contribution in [2.75, 3.05) is 14.1 Å². The molecule has 0 bridgehead atoms. The van der Waals surface area contributed by atoms with Crippen molar-refractivity contribution in [3.8, 4) is 0 Å². The van der Waals surface area contributed by atoms with E-state index in [-0.39, 0.29) is 18.0 Å². The van der Waals surface area contributed by atoms with E-state index < -0.39 is 18.3 Å². The lowest BCUT2D eigenvalue weighted by atomic mass is 10.1. The Morgan fingerprint density at radius 2 is 1.64 bits per heavy atom. The zero-order chi connectivity index (χ0) is 17.9. The van der Waals surface area contributed by atoms with Crippen LogP contribution in [-0.2, 0) is 19.3 Å². The van der Waals surface area contributed by atoms with Gasteiger partial charge in [-0.25, -0.2) is 0 Å². The van der Waals surface area contributed by atoms with Gasteiger partial charge in [0, 0.05) is 21.4 Å². The molecule has 0 spiro atoms. The zero-order valence-electron chi connectivity index (χ0n) is 13.6. The van der Waals surface area contributed by atoms with Gasteiger partial charge in [0.15, 0.2) is 0 Å². The van der Waals surface area contributed by atoms with Crippen LogP contribution < -0.4 is 0 Å². The summed E-state index contributed by atoms with van der Waals surface area (Å²) in [6.45, 7) is 0.195. The van der Waals surface area contributed by atoms with Gasteiger partial charge in [0.2, 0.25) is 0 Å². The van der Waals surface area contributed by atoms with Crippen LogP contribution >= 0.6 is 35.8 Å². The quantitative estimate of drug-likeness (QED) is 0.703. The first-order valence-corrected chi connectivity index (χ1v) is 8.32. The molecule has 0 radical (unpaired) electrons. The number of nitrogens with zero attached hydrogens (tertiary/aromatic N) is 1. The Balaban J connectivity index is 0.00000312. The van der Waals surface area contributed by atoms with E-state index in [1.54, 1.807) is 6.07 Å². The minimum Gasteiger partial charge on any atom is -0.392 e. The van der Waals surface area contributed by atoms with Gasteiger partial charge in [0.1, 0.15) is 0 Å². The summed E-state index contributed by atoms with van der Waals surface area (Å²) < 4.78 is 38.4. The van der Waals surface area contributed by atoms with Crippen molar-refractivity contribution >= 4 is 35.8 Å². The van der Waals surface area contributed by atoms with Gasteiger partial charge in [-0.3, -0.25) is 0 Å². The Morgan fingerprint density at radius 3 is 2.20 bits per heavy atom. The Kier molecular flexibility index (Phi) is 8.09. The molecule has 0 aliphatic rings. The molecule has 0 amide bonds. The molecular formula is C17H18Cl2F3NOS. The highest BCUT2D eigenvalue weighted by Crippen LogP contribution is 2.37. The molecular weight excluding hydrogens is 394 g/mol. The van der Waals surface area contributed by atoms with Crippen LogP contribution in [0.4, 0.5) is 13.2 Å². The Morgan fingerprint density at radius 1 is 1.04 bits per heavy atom. The van der Waals surface area contributed by atoms with Crippen molar-refractivity contribution in [2.45, 2.75) is 29.1 Å². The maximum atomic E-state index is 12.8. The topological polar surface area (TPSA) is 23.5 Å². The standard InChI is InChI=1S/C17H17ClF3NOS.ClH/c1-22(2)9-11-8-14(18)4-6-15(11)24-16-5-3-13(17(19,20)21)7-12(16)10-23;/h3-8,23H,9-10H2,1-2H3;1H. The summed E-state index contributed by atoms with van der Waals surface area (Å²) in [7, 11) is 3.85. The van der Waals surface area contributed by atoms with Gasteiger partial charge in [-0.05, 0) is 61.6 Å². The SMILES string of the molecule is CN(C)Cc1cc(Cl)ccc1Sc1ccc(C(F)(F)F)cc1CO.Cl. The molecule has 0 heterocycles. The van der Waals surface area contributed by atoms with Crippen molar-refractivity contribution < 1.29 is 18.3 Å². The van der Waals surface area contributed by atoms with Crippen LogP contribution in [0.3, 0.4) is 0 Å². The van der Waals surface area contributed by atoms with E-state index in [0.29, 0.717) is 16.5 Å². The normalized spacial score (nSPS) is 11.5. The average Bonchev–Trinajstić information content (AvgIpc) is 2.48. The molecule has 138 valence electrons. The molecule has 0 fully saturated rings. The molecule has 2 aromatic carbocycles. The van der Waals surface area contributed by atoms with Crippen LogP contribution in [-0.4, -0.2) is 24.1 Å². The fourth-order valence-electron chi connectivity index (χ4n) is 2.21. The summed E-state index contributed by atoms with van der Waals surface area (Å²) >= 11 is 7.36. The van der Waals surface area contributed by atoms with Crippen LogP contribution in [0.1, 0.15) is 16.7 Å². The van der Waals surface area contributed by atoms with E-state index in [2.05, 4.69) is 0 Å². The smallest absolute Gasteiger partial charge is 0.392 e. The Bertz CT molecular complexity index is 724. The fraction of sp³-hybridized carbons (Fsp3) is 0.294. The number of aliphatic hydroxyl groups excluding tert-OH is 1. The average molecular weight is 412 g/mol. The summed E-state index contributed by atoms with van der Waals surface area (Å²) in [5.74, 6) is 0. The highest BCUT2D eigenvalue weighted by atomic mass is 35.5. The molecule has 1 N–H and O–H groups in total. The number of benzene rings is 2. The second-order valence-corrected chi connectivity index (χ2v) is 7.09. The van der Waals surface area contributed by atoms with Gasteiger partial charge in [-0.15, -0.1) is 12.4 Å². The minimum absolute atomic E-state index is 0. The van der Waals surface area contributed by atoms with Crippen molar-refractivity contribution in [1.82, 2.24) is 4.90 Å². The summed E-state index contributed by atoms with van der Waals surface area (Å²) in [4.78, 5) is 3.46. The van der Waals surface area contributed by atoms with Crippen molar-refractivity contribution in [3.63, 3.8) is 0 Å². The lowest BCUT2D eigenvalue weighted by molar-refractivity contribution is -0.137. The third kappa shape index (κ3) is 6.08. The van der Waals surface area contributed by atoms with Crippen molar-refractivity contribution in [3.05, 3.63) is 58.1 Å². The number of halogens is 5. The number of alkyl halides is 3. The Labute approximate surface area is 160 Å². The first-order chi connectivity index (χ1) is 11.2. The lowest BCUT2D eigenvalue weighted by Crippen LogP contribution is -2.11. The van der Waals surface area contributed by atoms with Crippen LogP contribution in [0.25, 0.3) is 0 Å². The van der Waals surface area contributed by atoms with E-state index in [1.165, 1.54) is 17.8 Å². The van der Waals surface area contributed by atoms with Crippen LogP contribution in [0.2, 0.25) is 5.02 Å².